The van der Waals surface area contributed by atoms with Crippen molar-refractivity contribution < 1.29 is 4.79 Å². The Bertz CT molecular complexity index is 579. The first-order valence-corrected chi connectivity index (χ1v) is 6.65. The van der Waals surface area contributed by atoms with E-state index < -0.39 is 0 Å². The van der Waals surface area contributed by atoms with Gasteiger partial charge in [-0.05, 0) is 31.0 Å². The van der Waals surface area contributed by atoms with Crippen LogP contribution in [0.5, 0.6) is 0 Å². The fourth-order valence-electron chi connectivity index (χ4n) is 2.93. The van der Waals surface area contributed by atoms with Crippen molar-refractivity contribution in [2.75, 3.05) is 4.90 Å². The highest BCUT2D eigenvalue weighted by atomic mass is 16.2. The Hall–Kier alpha value is -2.09. The van der Waals surface area contributed by atoms with Gasteiger partial charge in [0.25, 0.3) is 0 Å². The van der Waals surface area contributed by atoms with Crippen LogP contribution in [0.2, 0.25) is 0 Å². The van der Waals surface area contributed by atoms with Crippen molar-refractivity contribution in [3.8, 4) is 0 Å². The largest absolute Gasteiger partial charge is 0.302 e. The molecule has 0 spiro atoms. The maximum Gasteiger partial charge on any atom is 0.227 e. The Kier molecular flexibility index (Phi) is 2.86. The topological polar surface area (TPSA) is 20.3 Å². The average Bonchev–Trinajstić information content (AvgIpc) is 2.78. The van der Waals surface area contributed by atoms with Crippen LogP contribution < -0.4 is 4.90 Å². The molecule has 1 heterocycles. The zero-order valence-electron chi connectivity index (χ0n) is 11.0. The van der Waals surface area contributed by atoms with Crippen LogP contribution in [0, 0.1) is 0 Å². The summed E-state index contributed by atoms with van der Waals surface area (Å²) in [6.45, 7) is 2.15. The molecule has 1 amide bonds. The van der Waals surface area contributed by atoms with Crippen LogP contribution in [-0.2, 0) is 10.3 Å². The van der Waals surface area contributed by atoms with Crippen LogP contribution in [0.25, 0.3) is 0 Å². The standard InChI is InChI=1S/C17H17NO/c1-17(14-8-4-2-5-9-14)13-12-16(19)18(17)15-10-6-3-7-11-15/h2-11H,12-13H2,1H3. The molecule has 1 unspecified atom stereocenters. The zero-order valence-corrected chi connectivity index (χ0v) is 11.0. The van der Waals surface area contributed by atoms with E-state index in [0.717, 1.165) is 12.1 Å². The molecule has 1 fully saturated rings. The van der Waals surface area contributed by atoms with Gasteiger partial charge in [0, 0.05) is 12.1 Å². The first kappa shape index (κ1) is 12.0. The van der Waals surface area contributed by atoms with E-state index >= 15 is 0 Å². The van der Waals surface area contributed by atoms with E-state index in [1.54, 1.807) is 0 Å². The molecule has 1 aliphatic rings. The summed E-state index contributed by atoms with van der Waals surface area (Å²) in [5.74, 6) is 0.206. The molecular weight excluding hydrogens is 234 g/mol. The summed E-state index contributed by atoms with van der Waals surface area (Å²) >= 11 is 0. The van der Waals surface area contributed by atoms with Crippen molar-refractivity contribution in [3.05, 3.63) is 66.2 Å². The minimum Gasteiger partial charge on any atom is -0.302 e. The maximum absolute atomic E-state index is 12.3. The number of nitrogens with zero attached hydrogens (tertiary/aromatic N) is 1. The van der Waals surface area contributed by atoms with Crippen LogP contribution >= 0.6 is 0 Å². The van der Waals surface area contributed by atoms with Crippen LogP contribution in [-0.4, -0.2) is 5.91 Å². The molecule has 0 aliphatic carbocycles. The van der Waals surface area contributed by atoms with Crippen molar-refractivity contribution in [1.82, 2.24) is 0 Å². The van der Waals surface area contributed by atoms with Gasteiger partial charge in [0.15, 0.2) is 0 Å². The summed E-state index contributed by atoms with van der Waals surface area (Å²) in [5, 5.41) is 0. The van der Waals surface area contributed by atoms with Gasteiger partial charge < -0.3 is 4.90 Å². The third kappa shape index (κ3) is 1.93. The second kappa shape index (κ2) is 4.54. The fraction of sp³-hybridized carbons (Fsp3) is 0.235. The number of carbonyl (C=O) groups excluding carboxylic acids is 1. The Balaban J connectivity index is 2.08. The van der Waals surface area contributed by atoms with Crippen LogP contribution in [0.4, 0.5) is 5.69 Å². The van der Waals surface area contributed by atoms with E-state index in [9.17, 15) is 4.79 Å². The minimum atomic E-state index is -0.236. The third-order valence-corrected chi connectivity index (χ3v) is 3.98. The lowest BCUT2D eigenvalue weighted by atomic mass is 9.89. The van der Waals surface area contributed by atoms with E-state index in [4.69, 9.17) is 0 Å². The van der Waals surface area contributed by atoms with E-state index in [-0.39, 0.29) is 11.4 Å². The van der Waals surface area contributed by atoms with Gasteiger partial charge in [0.1, 0.15) is 0 Å². The van der Waals surface area contributed by atoms with Crippen molar-refractivity contribution in [2.45, 2.75) is 25.3 Å². The van der Waals surface area contributed by atoms with Crippen molar-refractivity contribution in [1.29, 1.82) is 0 Å². The Morgan fingerprint density at radius 1 is 0.947 bits per heavy atom. The third-order valence-electron chi connectivity index (χ3n) is 3.98. The number of hydrogen-bond acceptors (Lipinski definition) is 1. The van der Waals surface area contributed by atoms with Gasteiger partial charge in [-0.2, -0.15) is 0 Å². The molecule has 0 radical (unpaired) electrons. The van der Waals surface area contributed by atoms with Gasteiger partial charge in [0.05, 0.1) is 5.54 Å². The number of amides is 1. The van der Waals surface area contributed by atoms with Gasteiger partial charge in [-0.15, -0.1) is 0 Å². The number of para-hydroxylation sites is 1. The molecule has 96 valence electrons. The van der Waals surface area contributed by atoms with Crippen LogP contribution in [0.15, 0.2) is 60.7 Å². The molecule has 1 atom stereocenters. The van der Waals surface area contributed by atoms with Crippen LogP contribution in [0.3, 0.4) is 0 Å². The highest BCUT2D eigenvalue weighted by Gasteiger charge is 2.43. The lowest BCUT2D eigenvalue weighted by Gasteiger charge is -2.36. The van der Waals surface area contributed by atoms with E-state index in [1.807, 2.05) is 53.4 Å². The molecule has 3 rings (SSSR count). The van der Waals surface area contributed by atoms with Gasteiger partial charge in [0.2, 0.25) is 5.91 Å². The fourth-order valence-corrected chi connectivity index (χ4v) is 2.93. The molecule has 2 heteroatoms. The molecule has 2 aromatic rings. The summed E-state index contributed by atoms with van der Waals surface area (Å²) < 4.78 is 0. The number of hydrogen-bond donors (Lipinski definition) is 0. The first-order valence-electron chi connectivity index (χ1n) is 6.65. The smallest absolute Gasteiger partial charge is 0.227 e. The molecule has 0 saturated carbocycles. The minimum absolute atomic E-state index is 0.206. The van der Waals surface area contributed by atoms with Gasteiger partial charge >= 0.3 is 0 Å². The summed E-state index contributed by atoms with van der Waals surface area (Å²) in [6.07, 6.45) is 1.48. The summed E-state index contributed by atoms with van der Waals surface area (Å²) in [5.41, 5.74) is 1.95. The Morgan fingerprint density at radius 2 is 1.53 bits per heavy atom. The lowest BCUT2D eigenvalue weighted by molar-refractivity contribution is -0.117. The Morgan fingerprint density at radius 3 is 2.16 bits per heavy atom. The molecule has 0 N–H and O–H groups in total. The van der Waals surface area contributed by atoms with E-state index in [1.165, 1.54) is 5.56 Å². The zero-order chi connectivity index (χ0) is 13.3. The summed E-state index contributed by atoms with van der Waals surface area (Å²) in [4.78, 5) is 14.2. The number of anilines is 1. The number of benzene rings is 2. The quantitative estimate of drug-likeness (QED) is 0.796. The van der Waals surface area contributed by atoms with Gasteiger partial charge in [-0.3, -0.25) is 4.79 Å². The maximum atomic E-state index is 12.3. The van der Waals surface area contributed by atoms with Crippen molar-refractivity contribution in [2.24, 2.45) is 0 Å². The number of carbonyl (C=O) groups is 1. The highest BCUT2D eigenvalue weighted by Crippen LogP contribution is 2.42. The molecule has 2 aromatic carbocycles. The van der Waals surface area contributed by atoms with E-state index in [2.05, 4.69) is 19.1 Å². The molecule has 0 bridgehead atoms. The summed E-state index contributed by atoms with van der Waals surface area (Å²) in [6, 6.07) is 20.2. The SMILES string of the molecule is CC1(c2ccccc2)CCC(=O)N1c1ccccc1. The second-order valence-corrected chi connectivity index (χ2v) is 5.20. The van der Waals surface area contributed by atoms with Crippen molar-refractivity contribution >= 4 is 11.6 Å². The van der Waals surface area contributed by atoms with Gasteiger partial charge in [-0.1, -0.05) is 48.5 Å². The Labute approximate surface area is 113 Å². The predicted octanol–water partition coefficient (Wildman–Crippen LogP) is 3.73. The van der Waals surface area contributed by atoms with Crippen molar-refractivity contribution in [3.63, 3.8) is 0 Å². The molecule has 19 heavy (non-hydrogen) atoms. The molecular formula is C17H17NO. The lowest BCUT2D eigenvalue weighted by Crippen LogP contribution is -2.41. The first-order chi connectivity index (χ1) is 9.22. The molecule has 1 aliphatic heterocycles. The normalized spacial score (nSPS) is 22.8. The predicted molar refractivity (Wildman–Crippen MR) is 77.0 cm³/mol. The average molecular weight is 251 g/mol. The summed E-state index contributed by atoms with van der Waals surface area (Å²) in [7, 11) is 0. The second-order valence-electron chi connectivity index (χ2n) is 5.20. The molecule has 0 aromatic heterocycles. The highest BCUT2D eigenvalue weighted by molar-refractivity contribution is 5.97. The monoisotopic (exact) mass is 251 g/mol. The van der Waals surface area contributed by atoms with Crippen LogP contribution in [0.1, 0.15) is 25.3 Å². The van der Waals surface area contributed by atoms with E-state index in [0.29, 0.717) is 6.42 Å². The van der Waals surface area contributed by atoms with Gasteiger partial charge in [-0.25, -0.2) is 0 Å². The number of rotatable bonds is 2. The molecule has 2 nitrogen and oxygen atoms in total. The molecule has 1 saturated heterocycles.